The molecule has 20 heavy (non-hydrogen) atoms. The van der Waals surface area contributed by atoms with Gasteiger partial charge < -0.3 is 15.2 Å². The molecular weight excluding hydrogens is 299 g/mol. The molecule has 0 aliphatic carbocycles. The van der Waals surface area contributed by atoms with Crippen LogP contribution in [0.25, 0.3) is 0 Å². The maximum absolute atomic E-state index is 6.16. The van der Waals surface area contributed by atoms with Crippen molar-refractivity contribution in [1.82, 2.24) is 4.90 Å². The van der Waals surface area contributed by atoms with Crippen molar-refractivity contribution in [2.45, 2.75) is 19.1 Å². The van der Waals surface area contributed by atoms with Gasteiger partial charge in [-0.25, -0.2) is 0 Å². The third kappa shape index (κ3) is 3.99. The lowest BCUT2D eigenvalue weighted by Crippen LogP contribution is -2.42. The molecule has 0 amide bonds. The van der Waals surface area contributed by atoms with Crippen molar-refractivity contribution in [3.63, 3.8) is 0 Å². The molecule has 4 nitrogen and oxygen atoms in total. The average Bonchev–Trinajstić information content (AvgIpc) is 2.39. The molecule has 1 aliphatic heterocycles. The quantitative estimate of drug-likeness (QED) is 0.906. The molecule has 1 fully saturated rings. The Kier molecular flexibility index (Phi) is 5.93. The largest absolute Gasteiger partial charge is 0.495 e. The van der Waals surface area contributed by atoms with E-state index in [9.17, 15) is 0 Å². The van der Waals surface area contributed by atoms with Crippen LogP contribution in [-0.4, -0.2) is 44.4 Å². The Morgan fingerprint density at radius 3 is 2.95 bits per heavy atom. The second-order valence-electron chi connectivity index (χ2n) is 4.89. The number of hydrogen-bond acceptors (Lipinski definition) is 4. The summed E-state index contributed by atoms with van der Waals surface area (Å²) in [6.45, 7) is 3.86. The lowest BCUT2D eigenvalue weighted by Gasteiger charge is -2.33. The number of ether oxygens (including phenoxy) is 2. The highest BCUT2D eigenvalue weighted by Gasteiger charge is 2.21. The van der Waals surface area contributed by atoms with E-state index in [-0.39, 0.29) is 6.10 Å². The average molecular weight is 319 g/mol. The molecule has 0 saturated carbocycles. The molecule has 2 N–H and O–H groups in total. The van der Waals surface area contributed by atoms with E-state index < -0.39 is 0 Å². The summed E-state index contributed by atoms with van der Waals surface area (Å²) < 4.78 is 11.1. The van der Waals surface area contributed by atoms with Crippen LogP contribution < -0.4 is 10.5 Å². The normalized spacial score (nSPS) is 20.1. The monoisotopic (exact) mass is 318 g/mol. The zero-order valence-electron chi connectivity index (χ0n) is 11.6. The van der Waals surface area contributed by atoms with Crippen LogP contribution in [0.15, 0.2) is 12.1 Å². The standard InChI is InChI=1S/C14H20Cl2N2O2/c1-19-14-10(6-11(15)7-13(14)16)8-18-4-5-20-12(9-18)2-3-17/h6-7,12H,2-5,8-9,17H2,1H3/t12-/m0/s1. The van der Waals surface area contributed by atoms with Crippen molar-refractivity contribution < 1.29 is 9.47 Å². The Hall–Kier alpha value is -0.520. The van der Waals surface area contributed by atoms with Crippen LogP contribution >= 0.6 is 23.2 Å². The van der Waals surface area contributed by atoms with E-state index in [1.807, 2.05) is 6.07 Å². The molecule has 0 bridgehead atoms. The molecule has 1 aromatic carbocycles. The molecule has 1 saturated heterocycles. The molecule has 2 rings (SSSR count). The summed E-state index contributed by atoms with van der Waals surface area (Å²) in [4.78, 5) is 2.31. The van der Waals surface area contributed by atoms with Crippen molar-refractivity contribution in [3.05, 3.63) is 27.7 Å². The van der Waals surface area contributed by atoms with Gasteiger partial charge >= 0.3 is 0 Å². The Morgan fingerprint density at radius 2 is 2.25 bits per heavy atom. The van der Waals surface area contributed by atoms with Gasteiger partial charge in [0.15, 0.2) is 0 Å². The fourth-order valence-electron chi connectivity index (χ4n) is 2.49. The summed E-state index contributed by atoms with van der Waals surface area (Å²) in [5.74, 6) is 0.693. The number of methoxy groups -OCH3 is 1. The third-order valence-electron chi connectivity index (χ3n) is 3.39. The molecule has 1 heterocycles. The van der Waals surface area contributed by atoms with Crippen molar-refractivity contribution in [3.8, 4) is 5.75 Å². The van der Waals surface area contributed by atoms with E-state index in [0.29, 0.717) is 22.3 Å². The first-order valence-electron chi connectivity index (χ1n) is 6.70. The summed E-state index contributed by atoms with van der Waals surface area (Å²) in [5, 5.41) is 1.17. The van der Waals surface area contributed by atoms with E-state index >= 15 is 0 Å². The van der Waals surface area contributed by atoms with Crippen LogP contribution in [0.2, 0.25) is 10.0 Å². The number of benzene rings is 1. The molecule has 1 aromatic rings. The Labute approximate surface area is 129 Å². The van der Waals surface area contributed by atoms with Crippen molar-refractivity contribution in [2.24, 2.45) is 5.73 Å². The molecule has 0 spiro atoms. The fraction of sp³-hybridized carbons (Fsp3) is 0.571. The van der Waals surface area contributed by atoms with E-state index in [0.717, 1.165) is 38.2 Å². The van der Waals surface area contributed by atoms with Crippen LogP contribution in [0.1, 0.15) is 12.0 Å². The van der Waals surface area contributed by atoms with Gasteiger partial charge in [0.1, 0.15) is 5.75 Å². The van der Waals surface area contributed by atoms with Gasteiger partial charge in [0.25, 0.3) is 0 Å². The van der Waals surface area contributed by atoms with Crippen LogP contribution in [0.5, 0.6) is 5.75 Å². The van der Waals surface area contributed by atoms with Gasteiger partial charge in [0.2, 0.25) is 0 Å². The lowest BCUT2D eigenvalue weighted by atomic mass is 10.1. The van der Waals surface area contributed by atoms with Crippen LogP contribution in [0, 0.1) is 0 Å². The Bertz CT molecular complexity index is 455. The molecule has 0 unspecified atom stereocenters. The predicted molar refractivity (Wildman–Crippen MR) is 81.7 cm³/mol. The number of rotatable bonds is 5. The third-order valence-corrected chi connectivity index (χ3v) is 3.89. The second kappa shape index (κ2) is 7.48. The second-order valence-corrected chi connectivity index (χ2v) is 5.73. The summed E-state index contributed by atoms with van der Waals surface area (Å²) >= 11 is 12.2. The molecule has 0 aromatic heterocycles. The van der Waals surface area contributed by atoms with Crippen LogP contribution in [-0.2, 0) is 11.3 Å². The SMILES string of the molecule is COc1c(Cl)cc(Cl)cc1CN1CCO[C@@H](CCN)C1. The van der Waals surface area contributed by atoms with Gasteiger partial charge in [-0.1, -0.05) is 23.2 Å². The minimum atomic E-state index is 0.203. The van der Waals surface area contributed by atoms with E-state index in [2.05, 4.69) is 4.90 Å². The molecular formula is C14H20Cl2N2O2. The Balaban J connectivity index is 2.09. The van der Waals surface area contributed by atoms with Gasteiger partial charge in [-0.3, -0.25) is 4.90 Å². The van der Waals surface area contributed by atoms with Crippen LogP contribution in [0.3, 0.4) is 0 Å². The number of nitrogens with zero attached hydrogens (tertiary/aromatic N) is 1. The van der Waals surface area contributed by atoms with Crippen molar-refractivity contribution >= 4 is 23.2 Å². The molecule has 1 aliphatic rings. The summed E-state index contributed by atoms with van der Waals surface area (Å²) in [5.41, 5.74) is 6.59. The van der Waals surface area contributed by atoms with E-state index in [1.165, 1.54) is 0 Å². The van der Waals surface area contributed by atoms with Crippen molar-refractivity contribution in [1.29, 1.82) is 0 Å². The summed E-state index contributed by atoms with van der Waals surface area (Å²) in [6, 6.07) is 3.60. The zero-order valence-corrected chi connectivity index (χ0v) is 13.1. The van der Waals surface area contributed by atoms with Gasteiger partial charge in [-0.2, -0.15) is 0 Å². The van der Waals surface area contributed by atoms with Crippen LogP contribution in [0.4, 0.5) is 0 Å². The van der Waals surface area contributed by atoms with Gasteiger partial charge in [0.05, 0.1) is 24.8 Å². The molecule has 112 valence electrons. The van der Waals surface area contributed by atoms with E-state index in [4.69, 9.17) is 38.4 Å². The predicted octanol–water partition coefficient (Wildman–Crippen LogP) is 2.55. The summed E-state index contributed by atoms with van der Waals surface area (Å²) in [6.07, 6.45) is 1.08. The number of halogens is 2. The number of morpholine rings is 1. The molecule has 1 atom stereocenters. The first kappa shape index (κ1) is 15.9. The minimum absolute atomic E-state index is 0.203. The maximum Gasteiger partial charge on any atom is 0.142 e. The number of hydrogen-bond donors (Lipinski definition) is 1. The smallest absolute Gasteiger partial charge is 0.142 e. The minimum Gasteiger partial charge on any atom is -0.495 e. The first-order valence-corrected chi connectivity index (χ1v) is 7.45. The lowest BCUT2D eigenvalue weighted by molar-refractivity contribution is -0.0336. The van der Waals surface area contributed by atoms with Crippen molar-refractivity contribution in [2.75, 3.05) is 33.4 Å². The van der Waals surface area contributed by atoms with Gasteiger partial charge in [-0.15, -0.1) is 0 Å². The maximum atomic E-state index is 6.16. The summed E-state index contributed by atoms with van der Waals surface area (Å²) in [7, 11) is 1.62. The fourth-order valence-corrected chi connectivity index (χ4v) is 3.10. The highest BCUT2D eigenvalue weighted by molar-refractivity contribution is 6.35. The van der Waals surface area contributed by atoms with Gasteiger partial charge in [0, 0.05) is 30.2 Å². The van der Waals surface area contributed by atoms with E-state index in [1.54, 1.807) is 13.2 Å². The number of nitrogens with two attached hydrogens (primary N) is 1. The molecule has 6 heteroatoms. The topological polar surface area (TPSA) is 47.7 Å². The highest BCUT2D eigenvalue weighted by Crippen LogP contribution is 2.33. The highest BCUT2D eigenvalue weighted by atomic mass is 35.5. The Morgan fingerprint density at radius 1 is 1.45 bits per heavy atom. The first-order chi connectivity index (χ1) is 9.63. The van der Waals surface area contributed by atoms with Gasteiger partial charge in [-0.05, 0) is 25.1 Å². The zero-order chi connectivity index (χ0) is 14.5. The molecule has 0 radical (unpaired) electrons.